The number of halogens is 1. The Morgan fingerprint density at radius 2 is 1.89 bits per heavy atom. The average molecular weight is 318 g/mol. The van der Waals surface area contributed by atoms with Crippen LogP contribution < -0.4 is 5.32 Å². The van der Waals surface area contributed by atoms with Gasteiger partial charge in [-0.05, 0) is 30.5 Å². The van der Waals surface area contributed by atoms with E-state index in [-0.39, 0.29) is 5.91 Å². The fraction of sp³-hybridized carbons (Fsp3) is 0.188. The highest BCUT2D eigenvalue weighted by Crippen LogP contribution is 2.21. The van der Waals surface area contributed by atoms with Crippen LogP contribution in [0.15, 0.2) is 48.5 Å². The van der Waals surface area contributed by atoms with Crippen molar-refractivity contribution in [3.8, 4) is 0 Å². The van der Waals surface area contributed by atoms with Crippen LogP contribution in [0.1, 0.15) is 16.7 Å². The summed E-state index contributed by atoms with van der Waals surface area (Å²) in [7, 11) is 0. The van der Waals surface area contributed by atoms with Crippen LogP contribution >= 0.6 is 15.9 Å². The van der Waals surface area contributed by atoms with Crippen LogP contribution in [-0.4, -0.2) is 11.2 Å². The van der Waals surface area contributed by atoms with E-state index in [1.54, 1.807) is 0 Å². The molecule has 0 saturated heterocycles. The quantitative estimate of drug-likeness (QED) is 0.851. The molecule has 0 aliphatic heterocycles. The number of nitrogens with one attached hydrogen (secondary N) is 1. The van der Waals surface area contributed by atoms with Gasteiger partial charge in [0.05, 0.1) is 5.33 Å². The second-order valence-corrected chi connectivity index (χ2v) is 5.07. The van der Waals surface area contributed by atoms with Gasteiger partial charge in [-0.3, -0.25) is 4.79 Å². The summed E-state index contributed by atoms with van der Waals surface area (Å²) in [6.07, 6.45) is 0.820. The highest BCUT2D eigenvalue weighted by molar-refractivity contribution is 9.09. The van der Waals surface area contributed by atoms with Gasteiger partial charge in [0.25, 0.3) is 0 Å². The van der Waals surface area contributed by atoms with Crippen LogP contribution in [0.3, 0.4) is 0 Å². The minimum atomic E-state index is -0.0295. The number of anilines is 1. The van der Waals surface area contributed by atoms with E-state index in [0.717, 1.165) is 17.7 Å². The largest absolute Gasteiger partial charge is 0.325 e. The van der Waals surface area contributed by atoms with Crippen LogP contribution in [0, 0.1) is 6.92 Å². The first-order valence-corrected chi connectivity index (χ1v) is 7.30. The molecule has 98 valence electrons. The van der Waals surface area contributed by atoms with E-state index in [1.165, 1.54) is 11.1 Å². The van der Waals surface area contributed by atoms with Crippen molar-refractivity contribution in [3.05, 3.63) is 65.2 Å². The lowest BCUT2D eigenvalue weighted by Crippen LogP contribution is -2.14. The number of rotatable bonds is 4. The second kappa shape index (κ2) is 6.53. The number of carbonyl (C=O) groups is 1. The van der Waals surface area contributed by atoms with Crippen LogP contribution in [0.5, 0.6) is 0 Å². The van der Waals surface area contributed by atoms with E-state index < -0.39 is 0 Å². The lowest BCUT2D eigenvalue weighted by molar-refractivity contribution is -0.113. The number of hydrogen-bond donors (Lipinski definition) is 1. The van der Waals surface area contributed by atoms with Crippen LogP contribution in [0.2, 0.25) is 0 Å². The van der Waals surface area contributed by atoms with Crippen molar-refractivity contribution in [1.29, 1.82) is 0 Å². The molecule has 1 amide bonds. The van der Waals surface area contributed by atoms with Crippen molar-refractivity contribution in [2.45, 2.75) is 13.3 Å². The summed E-state index contributed by atoms with van der Waals surface area (Å²) in [6, 6.07) is 16.4. The van der Waals surface area contributed by atoms with Gasteiger partial charge >= 0.3 is 0 Å². The fourth-order valence-electron chi connectivity index (χ4n) is 1.99. The molecule has 1 N–H and O–H groups in total. The molecular formula is C16H16BrNO. The van der Waals surface area contributed by atoms with Crippen molar-refractivity contribution in [1.82, 2.24) is 0 Å². The highest BCUT2D eigenvalue weighted by atomic mass is 79.9. The maximum absolute atomic E-state index is 11.5. The maximum Gasteiger partial charge on any atom is 0.235 e. The Hall–Kier alpha value is -1.61. The van der Waals surface area contributed by atoms with Gasteiger partial charge < -0.3 is 5.32 Å². The molecule has 3 heteroatoms. The molecule has 0 spiro atoms. The molecule has 0 aromatic heterocycles. The zero-order chi connectivity index (χ0) is 13.7. The Bertz CT molecular complexity index is 566. The third-order valence-electron chi connectivity index (χ3n) is 2.89. The number of hydrogen-bond acceptors (Lipinski definition) is 1. The molecule has 2 nitrogen and oxygen atoms in total. The minimum absolute atomic E-state index is 0.0295. The van der Waals surface area contributed by atoms with Crippen molar-refractivity contribution < 1.29 is 4.79 Å². The van der Waals surface area contributed by atoms with Gasteiger partial charge in [0, 0.05) is 5.69 Å². The Morgan fingerprint density at radius 3 is 2.58 bits per heavy atom. The molecule has 0 unspecified atom stereocenters. The zero-order valence-electron chi connectivity index (χ0n) is 10.8. The van der Waals surface area contributed by atoms with E-state index >= 15 is 0 Å². The first kappa shape index (κ1) is 13.8. The molecule has 2 aromatic rings. The van der Waals surface area contributed by atoms with Crippen LogP contribution in [-0.2, 0) is 11.2 Å². The summed E-state index contributed by atoms with van der Waals surface area (Å²) in [5.74, 6) is -0.0295. The van der Waals surface area contributed by atoms with E-state index in [1.807, 2.05) is 30.3 Å². The maximum atomic E-state index is 11.5. The van der Waals surface area contributed by atoms with E-state index in [4.69, 9.17) is 0 Å². The van der Waals surface area contributed by atoms with E-state index in [2.05, 4.69) is 46.4 Å². The molecular weight excluding hydrogens is 302 g/mol. The predicted octanol–water partition coefficient (Wildman–Crippen LogP) is 3.92. The number of alkyl halides is 1. The van der Waals surface area contributed by atoms with Gasteiger partial charge in [0.2, 0.25) is 5.91 Å². The normalized spacial score (nSPS) is 10.2. The van der Waals surface area contributed by atoms with Gasteiger partial charge in [-0.15, -0.1) is 0 Å². The number of amides is 1. The van der Waals surface area contributed by atoms with Gasteiger partial charge in [0.1, 0.15) is 0 Å². The summed E-state index contributed by atoms with van der Waals surface area (Å²) < 4.78 is 0. The minimum Gasteiger partial charge on any atom is -0.325 e. The van der Waals surface area contributed by atoms with Crippen LogP contribution in [0.4, 0.5) is 5.69 Å². The lowest BCUT2D eigenvalue weighted by Gasteiger charge is -2.11. The van der Waals surface area contributed by atoms with Crippen molar-refractivity contribution >= 4 is 27.5 Å². The summed E-state index contributed by atoms with van der Waals surface area (Å²) in [4.78, 5) is 11.5. The monoisotopic (exact) mass is 317 g/mol. The topological polar surface area (TPSA) is 29.1 Å². The van der Waals surface area contributed by atoms with Gasteiger partial charge in [-0.25, -0.2) is 0 Å². The molecule has 0 radical (unpaired) electrons. The Labute approximate surface area is 122 Å². The summed E-state index contributed by atoms with van der Waals surface area (Å²) >= 11 is 3.17. The smallest absolute Gasteiger partial charge is 0.235 e. The summed E-state index contributed by atoms with van der Waals surface area (Å²) in [5.41, 5.74) is 4.46. The van der Waals surface area contributed by atoms with Crippen molar-refractivity contribution in [3.63, 3.8) is 0 Å². The molecule has 0 fully saturated rings. The van der Waals surface area contributed by atoms with Gasteiger partial charge in [0.15, 0.2) is 0 Å². The molecule has 0 saturated carbocycles. The average Bonchev–Trinajstić information content (AvgIpc) is 2.43. The van der Waals surface area contributed by atoms with E-state index in [9.17, 15) is 4.79 Å². The standard InChI is InChI=1S/C16H16BrNO/c1-12-7-8-15(18-16(19)11-17)14(9-12)10-13-5-3-2-4-6-13/h2-9H,10-11H2,1H3,(H,18,19). The molecule has 0 heterocycles. The molecule has 0 aliphatic carbocycles. The van der Waals surface area contributed by atoms with Gasteiger partial charge in [-0.2, -0.15) is 0 Å². The highest BCUT2D eigenvalue weighted by Gasteiger charge is 2.07. The molecule has 19 heavy (non-hydrogen) atoms. The molecule has 2 aromatic carbocycles. The lowest BCUT2D eigenvalue weighted by atomic mass is 10.0. The third kappa shape index (κ3) is 3.93. The Morgan fingerprint density at radius 1 is 1.16 bits per heavy atom. The number of carbonyl (C=O) groups excluding carboxylic acids is 1. The Balaban J connectivity index is 2.27. The summed E-state index contributed by atoms with van der Waals surface area (Å²) in [5, 5.41) is 3.23. The van der Waals surface area contributed by atoms with Crippen LogP contribution in [0.25, 0.3) is 0 Å². The van der Waals surface area contributed by atoms with E-state index in [0.29, 0.717) is 5.33 Å². The van der Waals surface area contributed by atoms with Crippen molar-refractivity contribution in [2.75, 3.05) is 10.6 Å². The van der Waals surface area contributed by atoms with Crippen molar-refractivity contribution in [2.24, 2.45) is 0 Å². The molecule has 0 bridgehead atoms. The predicted molar refractivity (Wildman–Crippen MR) is 82.9 cm³/mol. The summed E-state index contributed by atoms with van der Waals surface area (Å²) in [6.45, 7) is 2.06. The Kier molecular flexibility index (Phi) is 4.74. The molecule has 2 rings (SSSR count). The number of aryl methyl sites for hydroxylation is 1. The SMILES string of the molecule is Cc1ccc(NC(=O)CBr)c(Cc2ccccc2)c1. The third-order valence-corrected chi connectivity index (χ3v) is 3.40. The van der Waals surface area contributed by atoms with Gasteiger partial charge in [-0.1, -0.05) is 64.0 Å². The zero-order valence-corrected chi connectivity index (χ0v) is 12.4. The first-order valence-electron chi connectivity index (χ1n) is 6.18. The molecule has 0 atom stereocenters. The molecule has 0 aliphatic rings. The second-order valence-electron chi connectivity index (χ2n) is 4.50. The number of benzene rings is 2. The fourth-order valence-corrected chi connectivity index (χ4v) is 2.13. The first-order chi connectivity index (χ1) is 9.19.